The number of nitrogens with zero attached hydrogens (tertiary/aromatic N) is 1. The predicted molar refractivity (Wildman–Crippen MR) is 179 cm³/mol. The number of carbonyl (C=O) groups is 5. The molecule has 1 aliphatic carbocycles. The average molecular weight is 678 g/mol. The van der Waals surface area contributed by atoms with Crippen molar-refractivity contribution in [3.8, 4) is 0 Å². The molecule has 0 bridgehead atoms. The lowest BCUT2D eigenvalue weighted by molar-refractivity contribution is -0.142. The number of carbonyl (C=O) groups excluding carboxylic acids is 5. The highest BCUT2D eigenvalue weighted by atomic mass is 32.2. The Kier molecular flexibility index (Phi) is 13.7. The minimum absolute atomic E-state index is 0.133. The van der Waals surface area contributed by atoms with Crippen LogP contribution in [0.2, 0.25) is 0 Å². The molecule has 0 radical (unpaired) electrons. The molecule has 12 nitrogen and oxygen atoms in total. The third-order valence-corrected chi connectivity index (χ3v) is 12.9. The van der Waals surface area contributed by atoms with Gasteiger partial charge < -0.3 is 26.2 Å². The summed E-state index contributed by atoms with van der Waals surface area (Å²) in [5.41, 5.74) is -0.854. The van der Waals surface area contributed by atoms with Gasteiger partial charge in [-0.25, -0.2) is 13.2 Å². The molecule has 4 atom stereocenters. The van der Waals surface area contributed by atoms with Crippen LogP contribution in [0.4, 0.5) is 4.79 Å². The molecule has 264 valence electrons. The first kappa shape index (κ1) is 36.9. The molecule has 4 rings (SSSR count). The van der Waals surface area contributed by atoms with Crippen molar-refractivity contribution in [3.05, 3.63) is 12.7 Å². The summed E-state index contributed by atoms with van der Waals surface area (Å²) in [5.74, 6) is -2.21. The largest absolute Gasteiger partial charge is 0.346 e. The van der Waals surface area contributed by atoms with E-state index in [9.17, 15) is 32.4 Å². The van der Waals surface area contributed by atoms with Crippen molar-refractivity contribution >= 4 is 39.4 Å². The molecule has 4 N–H and O–H groups in total. The van der Waals surface area contributed by atoms with Gasteiger partial charge in [0.2, 0.25) is 17.6 Å². The minimum Gasteiger partial charge on any atom is -0.346 e. The number of fused-ring (bicyclic) bond motifs is 1. The quantitative estimate of drug-likeness (QED) is 0.237. The van der Waals surface area contributed by atoms with E-state index in [0.29, 0.717) is 64.3 Å². The van der Waals surface area contributed by atoms with E-state index >= 15 is 0 Å². The zero-order valence-corrected chi connectivity index (χ0v) is 28.7. The fourth-order valence-electron chi connectivity index (χ4n) is 8.01. The Morgan fingerprint density at radius 1 is 0.851 bits per heavy atom. The van der Waals surface area contributed by atoms with Gasteiger partial charge in [-0.1, -0.05) is 76.7 Å². The Bertz CT molecular complexity index is 1250. The molecule has 4 fully saturated rings. The number of sulfone groups is 1. The molecule has 3 saturated heterocycles. The highest BCUT2D eigenvalue weighted by Crippen LogP contribution is 2.39. The summed E-state index contributed by atoms with van der Waals surface area (Å²) in [6.45, 7) is 4.03. The monoisotopic (exact) mass is 677 g/mol. The zero-order chi connectivity index (χ0) is 33.9. The van der Waals surface area contributed by atoms with Crippen molar-refractivity contribution < 1.29 is 32.4 Å². The second-order valence-corrected chi connectivity index (χ2v) is 16.2. The molecule has 47 heavy (non-hydrogen) atoms. The summed E-state index contributed by atoms with van der Waals surface area (Å²) in [4.78, 5) is 68.4. The number of ketones is 1. The van der Waals surface area contributed by atoms with Crippen molar-refractivity contribution in [1.82, 2.24) is 26.2 Å². The van der Waals surface area contributed by atoms with Crippen LogP contribution >= 0.6 is 0 Å². The van der Waals surface area contributed by atoms with E-state index in [1.807, 2.05) is 0 Å². The number of nitrogens with one attached hydrogen (secondary N) is 4. The van der Waals surface area contributed by atoms with Crippen molar-refractivity contribution in [2.24, 2.45) is 0 Å². The number of hydrogen-bond acceptors (Lipinski definition) is 7. The van der Waals surface area contributed by atoms with Crippen LogP contribution in [0, 0.1) is 0 Å². The molecule has 0 aromatic rings. The number of amides is 5. The summed E-state index contributed by atoms with van der Waals surface area (Å²) in [5, 5.41) is 10.6. The van der Waals surface area contributed by atoms with E-state index in [4.69, 9.17) is 0 Å². The van der Waals surface area contributed by atoms with E-state index in [1.54, 1.807) is 0 Å². The van der Waals surface area contributed by atoms with E-state index in [1.165, 1.54) is 11.0 Å². The topological polar surface area (TPSA) is 171 Å². The van der Waals surface area contributed by atoms with Crippen molar-refractivity contribution in [2.45, 2.75) is 151 Å². The number of rotatable bonds is 7. The average Bonchev–Trinajstić information content (AvgIpc) is 3.69. The van der Waals surface area contributed by atoms with Crippen molar-refractivity contribution in [2.75, 3.05) is 18.8 Å². The van der Waals surface area contributed by atoms with Gasteiger partial charge in [-0.2, -0.15) is 0 Å². The van der Waals surface area contributed by atoms with Gasteiger partial charge in [0.25, 0.3) is 5.91 Å². The van der Waals surface area contributed by atoms with Crippen LogP contribution in [0.5, 0.6) is 0 Å². The first-order valence-corrected chi connectivity index (χ1v) is 19.6. The second-order valence-electron chi connectivity index (χ2n) is 13.9. The summed E-state index contributed by atoms with van der Waals surface area (Å²) >= 11 is 0. The lowest BCUT2D eigenvalue weighted by Crippen LogP contribution is -2.63. The van der Waals surface area contributed by atoms with Crippen LogP contribution in [0.15, 0.2) is 12.7 Å². The van der Waals surface area contributed by atoms with E-state index in [-0.39, 0.29) is 18.2 Å². The molecular weight excluding hydrogens is 622 g/mol. The van der Waals surface area contributed by atoms with E-state index in [0.717, 1.165) is 64.2 Å². The third kappa shape index (κ3) is 9.79. The van der Waals surface area contributed by atoms with Gasteiger partial charge in [0, 0.05) is 13.1 Å². The van der Waals surface area contributed by atoms with Gasteiger partial charge in [0.1, 0.15) is 12.1 Å². The zero-order valence-electron chi connectivity index (χ0n) is 27.9. The summed E-state index contributed by atoms with van der Waals surface area (Å²) in [6.07, 6.45) is 15.3. The van der Waals surface area contributed by atoms with Crippen LogP contribution in [-0.4, -0.2) is 90.6 Å². The van der Waals surface area contributed by atoms with Crippen LogP contribution in [0.1, 0.15) is 122 Å². The Morgan fingerprint density at radius 3 is 2.13 bits per heavy atom. The predicted octanol–water partition coefficient (Wildman–Crippen LogP) is 3.20. The normalized spacial score (nSPS) is 29.1. The highest BCUT2D eigenvalue weighted by molar-refractivity contribution is 7.92. The maximum atomic E-state index is 14.1. The molecule has 4 aliphatic rings. The third-order valence-electron chi connectivity index (χ3n) is 10.5. The maximum Gasteiger partial charge on any atom is 0.315 e. The fraction of sp³-hybridized carbons (Fsp3) is 0.794. The summed E-state index contributed by atoms with van der Waals surface area (Å²) in [6, 6.07) is -3.26. The Morgan fingerprint density at radius 2 is 1.49 bits per heavy atom. The molecule has 0 aromatic heterocycles. The Hall–Kier alpha value is -2.96. The first-order chi connectivity index (χ1) is 22.6. The van der Waals surface area contributed by atoms with Gasteiger partial charge >= 0.3 is 6.03 Å². The summed E-state index contributed by atoms with van der Waals surface area (Å²) in [7, 11) is -3.33. The van der Waals surface area contributed by atoms with Gasteiger partial charge in [-0.15, -0.1) is 6.58 Å². The molecule has 0 spiro atoms. The molecule has 13 heteroatoms. The second kappa shape index (κ2) is 17.4. The van der Waals surface area contributed by atoms with Gasteiger partial charge in [-0.05, 0) is 51.4 Å². The molecular formula is C34H55N5O7S. The smallest absolute Gasteiger partial charge is 0.315 e. The Labute approximate surface area is 279 Å². The molecule has 1 saturated carbocycles. The van der Waals surface area contributed by atoms with Gasteiger partial charge in [0.05, 0.1) is 22.6 Å². The fourth-order valence-corrected chi connectivity index (χ4v) is 10.4. The van der Waals surface area contributed by atoms with E-state index < -0.39 is 62.4 Å². The molecule has 3 aliphatic heterocycles. The number of urea groups is 1. The SMILES string of the molecule is C=CCNC(=O)C(=O)[C@@H]1CCCCCCCCCC[C@H](NC(=O)NC2([C@H]3CCCS3(=O)=O)CCCCC2)C(=O)N2CCC[C@H]2C(=O)N1. The molecule has 3 heterocycles. The van der Waals surface area contributed by atoms with Crippen LogP contribution < -0.4 is 21.3 Å². The minimum atomic E-state index is -3.33. The lowest BCUT2D eigenvalue weighted by atomic mass is 9.78. The van der Waals surface area contributed by atoms with Crippen LogP contribution in [-0.2, 0) is 29.0 Å². The number of Topliss-reactive ketones (excluding diaryl/α,β-unsaturated/α-hetero) is 1. The maximum absolute atomic E-state index is 14.1. The van der Waals surface area contributed by atoms with Gasteiger partial charge in [-0.3, -0.25) is 19.2 Å². The number of hydrogen-bond donors (Lipinski definition) is 4. The van der Waals surface area contributed by atoms with Crippen LogP contribution in [0.3, 0.4) is 0 Å². The Balaban J connectivity index is 1.51. The molecule has 5 amide bonds. The molecule has 0 aromatic carbocycles. The first-order valence-electron chi connectivity index (χ1n) is 17.9. The van der Waals surface area contributed by atoms with Crippen molar-refractivity contribution in [3.63, 3.8) is 0 Å². The molecule has 0 unspecified atom stereocenters. The van der Waals surface area contributed by atoms with Crippen LogP contribution in [0.25, 0.3) is 0 Å². The van der Waals surface area contributed by atoms with Crippen molar-refractivity contribution in [1.29, 1.82) is 0 Å². The lowest BCUT2D eigenvalue weighted by Gasteiger charge is -2.42. The van der Waals surface area contributed by atoms with Gasteiger partial charge in [0.15, 0.2) is 9.84 Å². The standard InChI is InChI=1S/C34H55N5O7S/c1-2-22-35-31(42)29(40)25-16-10-7-5-3-4-6-8-11-17-26(32(43)39-23-14-18-27(39)30(41)36-25)37-33(44)38-34(20-12-9-13-21-34)28-19-15-24-47(28,45)46/h2,25-28H,1,3-24H2,(H,35,42)(H,36,41)(H2,37,38,44)/t25-,26-,27-,28+/m0/s1. The summed E-state index contributed by atoms with van der Waals surface area (Å²) < 4.78 is 26.0. The highest BCUT2D eigenvalue weighted by Gasteiger charge is 2.50. The van der Waals surface area contributed by atoms with E-state index in [2.05, 4.69) is 27.8 Å².